The first-order valence-corrected chi connectivity index (χ1v) is 13.8. The molecule has 3 heterocycles. The van der Waals surface area contributed by atoms with Crippen molar-refractivity contribution in [3.8, 4) is 0 Å². The summed E-state index contributed by atoms with van der Waals surface area (Å²) in [6, 6.07) is 16.1. The lowest BCUT2D eigenvalue weighted by Crippen LogP contribution is -2.59. The maximum atomic E-state index is 13.7. The van der Waals surface area contributed by atoms with E-state index in [-0.39, 0.29) is 22.9 Å². The van der Waals surface area contributed by atoms with E-state index < -0.39 is 32.1 Å². The van der Waals surface area contributed by atoms with E-state index >= 15 is 0 Å². The molecule has 2 aromatic heterocycles. The molecule has 1 saturated heterocycles. The summed E-state index contributed by atoms with van der Waals surface area (Å²) in [4.78, 5) is 8.83. The molecular formula is C24H24N4O4S2. The van der Waals surface area contributed by atoms with Gasteiger partial charge in [0.2, 0.25) is 20.0 Å². The van der Waals surface area contributed by atoms with Gasteiger partial charge in [-0.3, -0.25) is 9.97 Å². The molecule has 0 radical (unpaired) electrons. The van der Waals surface area contributed by atoms with Gasteiger partial charge in [-0.15, -0.1) is 0 Å². The number of aromatic nitrogens is 2. The third kappa shape index (κ3) is 3.67. The van der Waals surface area contributed by atoms with Gasteiger partial charge in [0, 0.05) is 48.3 Å². The van der Waals surface area contributed by atoms with Crippen LogP contribution in [0.2, 0.25) is 0 Å². The molecular weight excluding hydrogens is 472 g/mol. The van der Waals surface area contributed by atoms with Crippen molar-refractivity contribution in [2.24, 2.45) is 0 Å². The van der Waals surface area contributed by atoms with Crippen molar-refractivity contribution in [3.63, 3.8) is 0 Å². The Morgan fingerprint density at radius 1 is 0.647 bits per heavy atom. The summed E-state index contributed by atoms with van der Waals surface area (Å²) in [6.45, 7) is 3.52. The lowest BCUT2D eigenvalue weighted by molar-refractivity contribution is 0.164. The zero-order chi connectivity index (χ0) is 24.1. The van der Waals surface area contributed by atoms with E-state index in [1.54, 1.807) is 62.6 Å². The fourth-order valence-electron chi connectivity index (χ4n) is 4.55. The number of rotatable bonds is 4. The second-order valence-corrected chi connectivity index (χ2v) is 12.2. The molecule has 2 atom stereocenters. The second-order valence-electron chi connectivity index (χ2n) is 8.51. The molecule has 5 rings (SSSR count). The number of hydrogen-bond acceptors (Lipinski definition) is 6. The van der Waals surface area contributed by atoms with Crippen LogP contribution in [0.25, 0.3) is 21.8 Å². The number of hydrogen-bond donors (Lipinski definition) is 0. The van der Waals surface area contributed by atoms with Crippen molar-refractivity contribution in [3.05, 3.63) is 73.1 Å². The van der Waals surface area contributed by atoms with Crippen molar-refractivity contribution in [2.45, 2.75) is 35.7 Å². The molecule has 10 heteroatoms. The Hall–Kier alpha value is -2.92. The Bertz CT molecular complexity index is 1470. The van der Waals surface area contributed by atoms with Gasteiger partial charge in [0.25, 0.3) is 0 Å². The Morgan fingerprint density at radius 2 is 1.03 bits per heavy atom. The maximum absolute atomic E-state index is 13.7. The van der Waals surface area contributed by atoms with E-state index in [2.05, 4.69) is 9.97 Å². The van der Waals surface area contributed by atoms with Crippen molar-refractivity contribution in [2.75, 3.05) is 13.1 Å². The Balaban J connectivity index is 1.51. The van der Waals surface area contributed by atoms with E-state index in [4.69, 9.17) is 0 Å². The molecule has 2 aromatic carbocycles. The van der Waals surface area contributed by atoms with Crippen LogP contribution in [0.3, 0.4) is 0 Å². The van der Waals surface area contributed by atoms with Gasteiger partial charge in [-0.1, -0.05) is 36.4 Å². The molecule has 4 aromatic rings. The lowest BCUT2D eigenvalue weighted by Gasteiger charge is -2.42. The summed E-state index contributed by atoms with van der Waals surface area (Å²) < 4.78 is 57.4. The summed E-state index contributed by atoms with van der Waals surface area (Å²) >= 11 is 0. The molecule has 0 amide bonds. The van der Waals surface area contributed by atoms with E-state index in [1.807, 2.05) is 24.3 Å². The van der Waals surface area contributed by atoms with Crippen LogP contribution in [0.4, 0.5) is 0 Å². The first-order valence-electron chi connectivity index (χ1n) is 10.9. The fraction of sp³-hybridized carbons (Fsp3) is 0.250. The molecule has 1 aliphatic heterocycles. The predicted octanol–water partition coefficient (Wildman–Crippen LogP) is 3.26. The normalized spacial score (nSPS) is 20.6. The van der Waals surface area contributed by atoms with Crippen molar-refractivity contribution >= 4 is 41.9 Å². The molecule has 34 heavy (non-hydrogen) atoms. The number of pyridine rings is 2. The average molecular weight is 497 g/mol. The summed E-state index contributed by atoms with van der Waals surface area (Å²) in [6.07, 6.45) is 3.13. The number of para-hydroxylation sites is 2. The zero-order valence-corrected chi connectivity index (χ0v) is 20.4. The van der Waals surface area contributed by atoms with Crippen LogP contribution in [0.1, 0.15) is 13.8 Å². The Labute approximate surface area is 199 Å². The highest BCUT2D eigenvalue weighted by atomic mass is 32.2. The fourth-order valence-corrected chi connectivity index (χ4v) is 8.30. The minimum absolute atomic E-state index is 0.0319. The van der Waals surface area contributed by atoms with E-state index in [0.717, 1.165) is 10.8 Å². The third-order valence-electron chi connectivity index (χ3n) is 6.24. The van der Waals surface area contributed by atoms with E-state index in [0.29, 0.717) is 11.0 Å². The predicted molar refractivity (Wildman–Crippen MR) is 130 cm³/mol. The Morgan fingerprint density at radius 3 is 1.44 bits per heavy atom. The Kier molecular flexibility index (Phi) is 5.64. The maximum Gasteiger partial charge on any atom is 0.245 e. The van der Waals surface area contributed by atoms with E-state index in [9.17, 15) is 16.8 Å². The highest BCUT2D eigenvalue weighted by Gasteiger charge is 2.42. The van der Waals surface area contributed by atoms with Gasteiger partial charge in [-0.2, -0.15) is 8.61 Å². The van der Waals surface area contributed by atoms with Crippen molar-refractivity contribution in [1.82, 2.24) is 18.6 Å². The smallest absolute Gasteiger partial charge is 0.245 e. The first kappa shape index (κ1) is 22.9. The van der Waals surface area contributed by atoms with Gasteiger partial charge in [-0.05, 0) is 38.1 Å². The largest absolute Gasteiger partial charge is 0.255 e. The van der Waals surface area contributed by atoms with Gasteiger partial charge in [-0.25, -0.2) is 16.8 Å². The van der Waals surface area contributed by atoms with Gasteiger partial charge >= 0.3 is 0 Å². The van der Waals surface area contributed by atoms with E-state index in [1.165, 1.54) is 8.61 Å². The average Bonchev–Trinajstić information content (AvgIpc) is 2.84. The number of benzene rings is 2. The van der Waals surface area contributed by atoms with Crippen LogP contribution in [0.15, 0.2) is 82.8 Å². The molecule has 0 N–H and O–H groups in total. The molecule has 0 spiro atoms. The zero-order valence-electron chi connectivity index (χ0n) is 18.7. The van der Waals surface area contributed by atoms with Crippen LogP contribution in [-0.2, 0) is 20.0 Å². The standard InChI is InChI=1S/C24H24N4O4S2/c1-17-15-28(34(31,32)22-12-4-8-20-10-6-14-26-24(20)22)18(2)16-27(17)33(29,30)21-11-3-7-19-9-5-13-25-23(19)21/h3-14,17-18H,15-16H2,1-2H3/t17-,18-/m0/s1. The monoisotopic (exact) mass is 496 g/mol. The van der Waals surface area contributed by atoms with Crippen LogP contribution < -0.4 is 0 Å². The van der Waals surface area contributed by atoms with Gasteiger partial charge in [0.05, 0.1) is 11.0 Å². The number of sulfonamides is 2. The summed E-state index contributed by atoms with van der Waals surface area (Å²) in [7, 11) is -7.80. The topological polar surface area (TPSA) is 101 Å². The molecule has 0 bridgehead atoms. The highest BCUT2D eigenvalue weighted by Crippen LogP contribution is 2.32. The van der Waals surface area contributed by atoms with Crippen molar-refractivity contribution in [1.29, 1.82) is 0 Å². The molecule has 176 valence electrons. The SMILES string of the molecule is C[C@H]1CN(S(=O)(=O)c2cccc3cccnc23)[C@@H](C)CN1S(=O)(=O)c1cccc2cccnc12. The van der Waals surface area contributed by atoms with Gasteiger partial charge in [0.15, 0.2) is 0 Å². The number of nitrogens with zero attached hydrogens (tertiary/aromatic N) is 4. The lowest BCUT2D eigenvalue weighted by atomic mass is 10.2. The molecule has 1 fully saturated rings. The molecule has 0 saturated carbocycles. The van der Waals surface area contributed by atoms with Gasteiger partial charge in [0.1, 0.15) is 9.79 Å². The van der Waals surface area contributed by atoms with Gasteiger partial charge < -0.3 is 0 Å². The molecule has 1 aliphatic rings. The van der Waals surface area contributed by atoms with Crippen molar-refractivity contribution < 1.29 is 16.8 Å². The van der Waals surface area contributed by atoms with Crippen LogP contribution >= 0.6 is 0 Å². The van der Waals surface area contributed by atoms with Crippen LogP contribution in [0, 0.1) is 0 Å². The summed E-state index contributed by atoms with van der Waals surface area (Å²) in [5.41, 5.74) is 0.809. The van der Waals surface area contributed by atoms with Crippen LogP contribution in [-0.4, -0.2) is 60.6 Å². The highest BCUT2D eigenvalue weighted by molar-refractivity contribution is 7.90. The minimum atomic E-state index is -3.90. The molecule has 8 nitrogen and oxygen atoms in total. The second kappa shape index (κ2) is 8.38. The quantitative estimate of drug-likeness (QED) is 0.430. The van der Waals surface area contributed by atoms with Crippen LogP contribution in [0.5, 0.6) is 0 Å². The minimum Gasteiger partial charge on any atom is -0.255 e. The summed E-state index contributed by atoms with van der Waals surface area (Å²) in [5.74, 6) is 0. The number of fused-ring (bicyclic) bond motifs is 2. The number of piperazine rings is 1. The molecule has 0 unspecified atom stereocenters. The summed E-state index contributed by atoms with van der Waals surface area (Å²) in [5, 5.41) is 1.46. The third-order valence-corrected chi connectivity index (χ3v) is 10.3. The molecule has 0 aliphatic carbocycles. The first-order chi connectivity index (χ1) is 16.2.